The summed E-state index contributed by atoms with van der Waals surface area (Å²) in [5.41, 5.74) is 4.13. The maximum absolute atomic E-state index is 4.70. The van der Waals surface area contributed by atoms with E-state index in [1.54, 1.807) is 6.20 Å². The number of anilines is 1. The minimum Gasteiger partial charge on any atom is -0.355 e. The molecule has 0 unspecified atom stereocenters. The summed E-state index contributed by atoms with van der Waals surface area (Å²) in [7, 11) is 0. The summed E-state index contributed by atoms with van der Waals surface area (Å²) in [5, 5.41) is 0. The first-order valence-electron chi connectivity index (χ1n) is 7.84. The molecule has 0 aromatic carbocycles. The van der Waals surface area contributed by atoms with Gasteiger partial charge in [-0.15, -0.1) is 12.4 Å². The summed E-state index contributed by atoms with van der Waals surface area (Å²) in [6.45, 7) is 4.11. The Morgan fingerprint density at radius 2 is 1.96 bits per heavy atom. The summed E-state index contributed by atoms with van der Waals surface area (Å²) >= 11 is 0. The first-order chi connectivity index (χ1) is 10.8. The Morgan fingerprint density at radius 1 is 1.13 bits per heavy atom. The molecule has 3 aromatic rings. The van der Waals surface area contributed by atoms with E-state index in [0.717, 1.165) is 47.0 Å². The largest absolute Gasteiger partial charge is 0.355 e. The third kappa shape index (κ3) is 3.01. The van der Waals surface area contributed by atoms with Crippen LogP contribution in [0.2, 0.25) is 0 Å². The number of hydrogen-bond donors (Lipinski definition) is 1. The van der Waals surface area contributed by atoms with Crippen molar-refractivity contribution in [1.29, 1.82) is 0 Å². The number of aromatic nitrogens is 4. The van der Waals surface area contributed by atoms with Gasteiger partial charge in [0.05, 0.1) is 5.52 Å². The van der Waals surface area contributed by atoms with Gasteiger partial charge < -0.3 is 9.88 Å². The lowest BCUT2D eigenvalue weighted by molar-refractivity contribution is 0.574. The van der Waals surface area contributed by atoms with E-state index in [0.29, 0.717) is 0 Å². The number of aromatic amines is 1. The van der Waals surface area contributed by atoms with Crippen LogP contribution in [0, 0.1) is 6.92 Å². The number of fused-ring (bicyclic) bond motifs is 1. The molecule has 0 saturated carbocycles. The van der Waals surface area contributed by atoms with Crippen LogP contribution in [0.15, 0.2) is 30.6 Å². The van der Waals surface area contributed by atoms with E-state index < -0.39 is 0 Å². The van der Waals surface area contributed by atoms with Gasteiger partial charge in [-0.05, 0) is 44.4 Å². The smallest absolute Gasteiger partial charge is 0.156 e. The highest BCUT2D eigenvalue weighted by molar-refractivity contribution is 5.90. The monoisotopic (exact) mass is 329 g/mol. The Kier molecular flexibility index (Phi) is 4.48. The van der Waals surface area contributed by atoms with Crippen LogP contribution in [0.1, 0.15) is 25.1 Å². The van der Waals surface area contributed by atoms with Crippen molar-refractivity contribution in [2.75, 3.05) is 18.0 Å². The van der Waals surface area contributed by atoms with Crippen molar-refractivity contribution >= 4 is 29.3 Å². The van der Waals surface area contributed by atoms with Gasteiger partial charge in [-0.25, -0.2) is 9.97 Å². The summed E-state index contributed by atoms with van der Waals surface area (Å²) in [4.78, 5) is 19.4. The molecular weight excluding hydrogens is 310 g/mol. The molecule has 6 heteroatoms. The van der Waals surface area contributed by atoms with Gasteiger partial charge >= 0.3 is 0 Å². The minimum absolute atomic E-state index is 0. The normalized spacial score (nSPS) is 14.7. The van der Waals surface area contributed by atoms with Crippen LogP contribution < -0.4 is 4.90 Å². The maximum Gasteiger partial charge on any atom is 0.156 e. The highest BCUT2D eigenvalue weighted by atomic mass is 35.5. The van der Waals surface area contributed by atoms with Crippen molar-refractivity contribution < 1.29 is 0 Å². The highest BCUT2D eigenvalue weighted by Crippen LogP contribution is 2.29. The number of aryl methyl sites for hydroxylation is 1. The zero-order valence-electron chi connectivity index (χ0n) is 13.1. The molecule has 0 atom stereocenters. The molecule has 3 aromatic heterocycles. The number of hydrogen-bond acceptors (Lipinski definition) is 4. The zero-order chi connectivity index (χ0) is 14.9. The number of nitrogens with one attached hydrogen (secondary N) is 1. The van der Waals surface area contributed by atoms with E-state index in [1.807, 2.05) is 19.2 Å². The third-order valence-electron chi connectivity index (χ3n) is 4.20. The molecule has 1 fully saturated rings. The quantitative estimate of drug-likeness (QED) is 0.778. The van der Waals surface area contributed by atoms with Crippen molar-refractivity contribution in [3.8, 4) is 11.3 Å². The fourth-order valence-electron chi connectivity index (χ4n) is 3.12. The topological polar surface area (TPSA) is 57.7 Å². The molecule has 0 amide bonds. The Morgan fingerprint density at radius 3 is 2.70 bits per heavy atom. The average molecular weight is 330 g/mol. The van der Waals surface area contributed by atoms with Crippen LogP contribution in [0.3, 0.4) is 0 Å². The molecule has 0 aliphatic carbocycles. The Labute approximate surface area is 141 Å². The van der Waals surface area contributed by atoms with Crippen LogP contribution in [-0.4, -0.2) is 33.0 Å². The summed E-state index contributed by atoms with van der Waals surface area (Å²) in [6, 6.07) is 6.09. The number of pyridine rings is 1. The van der Waals surface area contributed by atoms with Crippen LogP contribution in [0.5, 0.6) is 0 Å². The van der Waals surface area contributed by atoms with Crippen molar-refractivity contribution in [3.05, 3.63) is 36.4 Å². The fourth-order valence-corrected chi connectivity index (χ4v) is 3.12. The molecular formula is C17H20ClN5. The molecule has 23 heavy (non-hydrogen) atoms. The first-order valence-corrected chi connectivity index (χ1v) is 7.84. The van der Waals surface area contributed by atoms with Crippen LogP contribution in [-0.2, 0) is 0 Å². The van der Waals surface area contributed by atoms with Gasteiger partial charge in [0.2, 0.25) is 0 Å². The van der Waals surface area contributed by atoms with E-state index in [1.165, 1.54) is 19.3 Å². The minimum atomic E-state index is 0. The summed E-state index contributed by atoms with van der Waals surface area (Å²) < 4.78 is 0. The van der Waals surface area contributed by atoms with Gasteiger partial charge in [0, 0.05) is 36.7 Å². The summed E-state index contributed by atoms with van der Waals surface area (Å²) in [6.07, 6.45) is 7.44. The fraction of sp³-hybridized carbons (Fsp3) is 0.353. The van der Waals surface area contributed by atoms with Crippen LogP contribution >= 0.6 is 12.4 Å². The molecule has 0 bridgehead atoms. The van der Waals surface area contributed by atoms with Gasteiger partial charge in [0.15, 0.2) is 5.82 Å². The molecule has 1 aliphatic rings. The Hall–Kier alpha value is -2.14. The summed E-state index contributed by atoms with van der Waals surface area (Å²) in [5.74, 6) is 1.86. The number of piperidine rings is 1. The van der Waals surface area contributed by atoms with E-state index in [2.05, 4.69) is 32.0 Å². The number of rotatable bonds is 2. The van der Waals surface area contributed by atoms with E-state index >= 15 is 0 Å². The lowest BCUT2D eigenvalue weighted by atomic mass is 10.1. The standard InChI is InChI=1S/C17H19N5.ClH/c1-12-19-15-10-14(13-6-5-7-18-11-13)21-16(15)17(20-12)22-8-3-2-4-9-22;/h5-7,10-11,21H,2-4,8-9H2,1H3;1H. The second-order valence-corrected chi connectivity index (χ2v) is 5.83. The van der Waals surface area contributed by atoms with Crippen molar-refractivity contribution in [2.45, 2.75) is 26.2 Å². The Balaban J connectivity index is 0.00000156. The van der Waals surface area contributed by atoms with E-state index in [4.69, 9.17) is 4.98 Å². The number of halogens is 1. The van der Waals surface area contributed by atoms with Crippen molar-refractivity contribution in [3.63, 3.8) is 0 Å². The first kappa shape index (κ1) is 15.7. The van der Waals surface area contributed by atoms with Crippen LogP contribution in [0.4, 0.5) is 5.82 Å². The van der Waals surface area contributed by atoms with Gasteiger partial charge in [0.1, 0.15) is 11.3 Å². The predicted molar refractivity (Wildman–Crippen MR) is 95.2 cm³/mol. The second-order valence-electron chi connectivity index (χ2n) is 5.83. The molecule has 1 saturated heterocycles. The number of nitrogens with zero attached hydrogens (tertiary/aromatic N) is 4. The lowest BCUT2D eigenvalue weighted by Gasteiger charge is -2.28. The third-order valence-corrected chi connectivity index (χ3v) is 4.20. The van der Waals surface area contributed by atoms with E-state index in [-0.39, 0.29) is 12.4 Å². The Bertz CT molecular complexity index is 793. The molecule has 1 aliphatic heterocycles. The second kappa shape index (κ2) is 6.54. The SMILES string of the molecule is Cc1nc(N2CCCCC2)c2[nH]c(-c3cccnc3)cc2n1.Cl. The molecule has 0 spiro atoms. The predicted octanol–water partition coefficient (Wildman–Crippen LogP) is 3.74. The highest BCUT2D eigenvalue weighted by Gasteiger charge is 2.18. The van der Waals surface area contributed by atoms with Gasteiger partial charge in [-0.2, -0.15) is 0 Å². The van der Waals surface area contributed by atoms with Gasteiger partial charge in [-0.3, -0.25) is 4.98 Å². The molecule has 4 rings (SSSR count). The van der Waals surface area contributed by atoms with Gasteiger partial charge in [-0.1, -0.05) is 0 Å². The zero-order valence-corrected chi connectivity index (χ0v) is 13.9. The molecule has 120 valence electrons. The molecule has 1 N–H and O–H groups in total. The van der Waals surface area contributed by atoms with Crippen LogP contribution in [0.25, 0.3) is 22.3 Å². The maximum atomic E-state index is 4.70. The van der Waals surface area contributed by atoms with Crippen molar-refractivity contribution in [1.82, 2.24) is 19.9 Å². The van der Waals surface area contributed by atoms with E-state index in [9.17, 15) is 0 Å². The molecule has 0 radical (unpaired) electrons. The van der Waals surface area contributed by atoms with Gasteiger partial charge in [0.25, 0.3) is 0 Å². The number of H-pyrrole nitrogens is 1. The molecule has 5 nitrogen and oxygen atoms in total. The van der Waals surface area contributed by atoms with Crippen molar-refractivity contribution in [2.24, 2.45) is 0 Å². The average Bonchev–Trinajstić information content (AvgIpc) is 2.99. The molecule has 4 heterocycles. The lowest BCUT2D eigenvalue weighted by Crippen LogP contribution is -2.30.